The van der Waals surface area contributed by atoms with Crippen LogP contribution in [0.25, 0.3) is 22.3 Å². The van der Waals surface area contributed by atoms with E-state index in [1.54, 1.807) is 0 Å². The van der Waals surface area contributed by atoms with Gasteiger partial charge >= 0.3 is 0 Å². The van der Waals surface area contributed by atoms with Crippen LogP contribution in [0.5, 0.6) is 0 Å². The molecule has 160 valence electrons. The number of aromatic nitrogens is 1. The molecule has 4 nitrogen and oxygen atoms in total. The summed E-state index contributed by atoms with van der Waals surface area (Å²) in [5.74, 6) is 0.343. The van der Waals surface area contributed by atoms with Crippen molar-refractivity contribution in [1.29, 1.82) is 0 Å². The average molecular weight is 479 g/mol. The lowest BCUT2D eigenvalue weighted by Gasteiger charge is -2.12. The quantitative estimate of drug-likeness (QED) is 0.181. The summed E-state index contributed by atoms with van der Waals surface area (Å²) in [6.45, 7) is 0.357. The van der Waals surface area contributed by atoms with E-state index in [-0.39, 0.29) is 0 Å². The van der Waals surface area contributed by atoms with E-state index in [1.165, 1.54) is 11.9 Å². The summed E-state index contributed by atoms with van der Waals surface area (Å²) in [5.41, 5.74) is 10.9. The van der Waals surface area contributed by atoms with Crippen LogP contribution in [0.3, 0.4) is 0 Å². The largest absolute Gasteiger partial charge is 0.369 e. The Labute approximate surface area is 201 Å². The second-order valence-electron chi connectivity index (χ2n) is 6.95. The molecule has 0 aliphatic rings. The van der Waals surface area contributed by atoms with Crippen molar-refractivity contribution in [2.45, 2.75) is 11.4 Å². The number of guanidine groups is 1. The number of halogens is 2. The minimum Gasteiger partial charge on any atom is -0.369 e. The summed E-state index contributed by atoms with van der Waals surface area (Å²) >= 11 is 13.6. The summed E-state index contributed by atoms with van der Waals surface area (Å²) in [4.78, 5) is 10.1. The molecule has 0 bridgehead atoms. The van der Waals surface area contributed by atoms with Gasteiger partial charge in [-0.2, -0.15) is 0 Å². The standard InChI is InChI=1S/C25H20Cl2N4S/c26-19-10-6-17(7-11-19)23-14-21(29-16-24(23)18-8-12-20(27)13-9-18)15-30-25(28)31-32-22-4-2-1-3-5-22/h1-14,16H,15H2,(H3,28,30,31). The molecule has 0 amide bonds. The van der Waals surface area contributed by atoms with E-state index in [4.69, 9.17) is 28.9 Å². The van der Waals surface area contributed by atoms with E-state index in [9.17, 15) is 0 Å². The summed E-state index contributed by atoms with van der Waals surface area (Å²) in [7, 11) is 0. The molecule has 4 rings (SSSR count). The van der Waals surface area contributed by atoms with Crippen molar-refractivity contribution >= 4 is 41.1 Å². The Hall–Kier alpha value is -2.99. The Balaban J connectivity index is 1.58. The van der Waals surface area contributed by atoms with Crippen LogP contribution >= 0.6 is 35.1 Å². The molecule has 0 spiro atoms. The lowest BCUT2D eigenvalue weighted by molar-refractivity contribution is 0.980. The molecule has 4 aromatic rings. The maximum Gasteiger partial charge on any atom is 0.199 e. The monoisotopic (exact) mass is 478 g/mol. The number of benzene rings is 3. The van der Waals surface area contributed by atoms with Gasteiger partial charge in [-0.1, -0.05) is 65.7 Å². The zero-order valence-corrected chi connectivity index (χ0v) is 19.3. The molecule has 0 saturated heterocycles. The van der Waals surface area contributed by atoms with Gasteiger partial charge in [-0.25, -0.2) is 4.99 Å². The molecular weight excluding hydrogens is 459 g/mol. The molecule has 0 saturated carbocycles. The molecule has 1 heterocycles. The van der Waals surface area contributed by atoms with Gasteiger partial charge in [-0.15, -0.1) is 0 Å². The number of nitrogens with one attached hydrogen (secondary N) is 1. The molecule has 0 aliphatic carbocycles. The normalized spacial score (nSPS) is 11.4. The van der Waals surface area contributed by atoms with Crippen molar-refractivity contribution in [3.05, 3.63) is 107 Å². The summed E-state index contributed by atoms with van der Waals surface area (Å²) in [6, 6.07) is 27.4. The molecule has 3 aromatic carbocycles. The third-order valence-corrected chi connectivity index (χ3v) is 6.02. The van der Waals surface area contributed by atoms with Gasteiger partial charge in [0.05, 0.1) is 12.2 Å². The fourth-order valence-corrected chi connectivity index (χ4v) is 3.94. The van der Waals surface area contributed by atoms with Crippen LogP contribution in [0.15, 0.2) is 101 Å². The van der Waals surface area contributed by atoms with Gasteiger partial charge < -0.3 is 5.73 Å². The molecule has 3 N–H and O–H groups in total. The van der Waals surface area contributed by atoms with Crippen molar-refractivity contribution in [2.24, 2.45) is 10.7 Å². The second-order valence-corrected chi connectivity index (χ2v) is 8.71. The van der Waals surface area contributed by atoms with Gasteiger partial charge in [0.25, 0.3) is 0 Å². The number of aliphatic imine (C=N–C) groups is 1. The minimum absolute atomic E-state index is 0.343. The number of hydrogen-bond acceptors (Lipinski definition) is 3. The first-order valence-electron chi connectivity index (χ1n) is 9.87. The topological polar surface area (TPSA) is 63.3 Å². The van der Waals surface area contributed by atoms with E-state index in [0.717, 1.165) is 32.8 Å². The van der Waals surface area contributed by atoms with Crippen LogP contribution < -0.4 is 10.5 Å². The first kappa shape index (κ1) is 22.2. The van der Waals surface area contributed by atoms with Gasteiger partial charge in [0, 0.05) is 26.7 Å². The zero-order valence-electron chi connectivity index (χ0n) is 17.0. The Morgan fingerprint density at radius 2 is 1.44 bits per heavy atom. The Morgan fingerprint density at radius 3 is 2.06 bits per heavy atom. The number of nitrogens with two attached hydrogens (primary N) is 1. The highest BCUT2D eigenvalue weighted by atomic mass is 35.5. The first-order valence-corrected chi connectivity index (χ1v) is 11.4. The number of nitrogens with zero attached hydrogens (tertiary/aromatic N) is 2. The van der Waals surface area contributed by atoms with Crippen molar-refractivity contribution in [3.8, 4) is 22.3 Å². The minimum atomic E-state index is 0.343. The molecule has 1 aromatic heterocycles. The zero-order chi connectivity index (χ0) is 22.3. The highest BCUT2D eigenvalue weighted by molar-refractivity contribution is 7.98. The summed E-state index contributed by atoms with van der Waals surface area (Å²) in [5, 5.41) is 1.38. The second kappa shape index (κ2) is 10.6. The van der Waals surface area contributed by atoms with Gasteiger partial charge in [0.2, 0.25) is 0 Å². The van der Waals surface area contributed by atoms with E-state index >= 15 is 0 Å². The SMILES string of the molecule is NC(=NCc1cc(-c2ccc(Cl)cc2)c(-c2ccc(Cl)cc2)cn1)NSc1ccccc1. The predicted octanol–water partition coefficient (Wildman–Crippen LogP) is 6.83. The van der Waals surface area contributed by atoms with Gasteiger partial charge in [-0.05, 0) is 71.1 Å². The molecule has 0 radical (unpaired) electrons. The molecule has 0 aliphatic heterocycles. The van der Waals surface area contributed by atoms with Crippen LogP contribution in [0.4, 0.5) is 0 Å². The molecule has 7 heteroatoms. The molecule has 0 fully saturated rings. The number of pyridine rings is 1. The summed E-state index contributed by atoms with van der Waals surface area (Å²) < 4.78 is 3.05. The Morgan fingerprint density at radius 1 is 0.844 bits per heavy atom. The molecule has 0 unspecified atom stereocenters. The summed E-state index contributed by atoms with van der Waals surface area (Å²) in [6.07, 6.45) is 1.86. The highest BCUT2D eigenvalue weighted by Gasteiger charge is 2.10. The Bertz CT molecular complexity index is 1210. The fourth-order valence-electron chi connectivity index (χ4n) is 3.11. The van der Waals surface area contributed by atoms with Gasteiger partial charge in [0.15, 0.2) is 5.96 Å². The highest BCUT2D eigenvalue weighted by Crippen LogP contribution is 2.33. The van der Waals surface area contributed by atoms with Crippen molar-refractivity contribution in [3.63, 3.8) is 0 Å². The van der Waals surface area contributed by atoms with Gasteiger partial charge in [-0.3, -0.25) is 9.71 Å². The van der Waals surface area contributed by atoms with Crippen LogP contribution in [0, 0.1) is 0 Å². The lowest BCUT2D eigenvalue weighted by atomic mass is 9.95. The van der Waals surface area contributed by atoms with Gasteiger partial charge in [0.1, 0.15) is 0 Å². The van der Waals surface area contributed by atoms with E-state index in [1.807, 2.05) is 91.1 Å². The van der Waals surface area contributed by atoms with E-state index in [0.29, 0.717) is 22.5 Å². The van der Waals surface area contributed by atoms with Crippen LogP contribution in [0.2, 0.25) is 10.0 Å². The first-order chi connectivity index (χ1) is 15.6. The van der Waals surface area contributed by atoms with E-state index in [2.05, 4.69) is 14.7 Å². The number of hydrogen-bond donors (Lipinski definition) is 2. The van der Waals surface area contributed by atoms with Crippen LogP contribution in [-0.2, 0) is 6.54 Å². The molecule has 0 atom stereocenters. The smallest absolute Gasteiger partial charge is 0.199 e. The molecular formula is C25H20Cl2N4S. The third-order valence-electron chi connectivity index (χ3n) is 4.70. The molecule has 32 heavy (non-hydrogen) atoms. The van der Waals surface area contributed by atoms with Crippen LogP contribution in [-0.4, -0.2) is 10.9 Å². The number of rotatable bonds is 6. The van der Waals surface area contributed by atoms with Crippen molar-refractivity contribution in [1.82, 2.24) is 9.71 Å². The third kappa shape index (κ3) is 5.82. The van der Waals surface area contributed by atoms with Crippen molar-refractivity contribution in [2.75, 3.05) is 0 Å². The maximum atomic E-state index is 6.10. The van der Waals surface area contributed by atoms with Crippen molar-refractivity contribution < 1.29 is 0 Å². The average Bonchev–Trinajstić information content (AvgIpc) is 2.83. The lowest BCUT2D eigenvalue weighted by Crippen LogP contribution is -2.25. The fraction of sp³-hybridized carbons (Fsp3) is 0.0400. The van der Waals surface area contributed by atoms with Crippen LogP contribution in [0.1, 0.15) is 5.69 Å². The Kier molecular flexibility index (Phi) is 7.32. The maximum absolute atomic E-state index is 6.10. The predicted molar refractivity (Wildman–Crippen MR) is 136 cm³/mol. The van der Waals surface area contributed by atoms with E-state index < -0.39 is 0 Å².